The van der Waals surface area contributed by atoms with Crippen LogP contribution in [0.1, 0.15) is 17.0 Å². The third kappa shape index (κ3) is 1.78. The molecular weight excluding hydrogens is 284 g/mol. The smallest absolute Gasteiger partial charge is 0.124 e. The van der Waals surface area contributed by atoms with Gasteiger partial charge in [0.15, 0.2) is 0 Å². The van der Waals surface area contributed by atoms with Crippen molar-refractivity contribution < 1.29 is 4.74 Å². The zero-order valence-electron chi connectivity index (χ0n) is 10.7. The highest BCUT2D eigenvalue weighted by Gasteiger charge is 2.29. The zero-order chi connectivity index (χ0) is 13.5. The lowest BCUT2D eigenvalue weighted by Gasteiger charge is -2.28. The Morgan fingerprint density at radius 3 is 2.85 bits per heavy atom. The molecule has 1 nitrogen and oxygen atoms in total. The molecule has 2 aromatic carbocycles. The van der Waals surface area contributed by atoms with E-state index >= 15 is 0 Å². The first-order chi connectivity index (χ1) is 9.84. The topological polar surface area (TPSA) is 9.23 Å². The van der Waals surface area contributed by atoms with Crippen molar-refractivity contribution in [3.63, 3.8) is 0 Å². The second kappa shape index (κ2) is 4.69. The van der Waals surface area contributed by atoms with Gasteiger partial charge < -0.3 is 4.74 Å². The van der Waals surface area contributed by atoms with E-state index in [1.807, 2.05) is 0 Å². The van der Waals surface area contributed by atoms with Gasteiger partial charge in [-0.2, -0.15) is 11.3 Å². The standard InChI is InChI=1S/C17H12OS2/c19-15-9-18-14-6-5-11-3-1-2-4-13(11)17(14)16(15)12-7-8-20-10-12/h1-8,10,16H,9H2. The first-order valence-corrected chi connectivity index (χ1v) is 7.89. The molecule has 0 saturated heterocycles. The molecule has 1 aromatic heterocycles. The molecular formula is C17H12OS2. The Morgan fingerprint density at radius 2 is 2.00 bits per heavy atom. The van der Waals surface area contributed by atoms with E-state index < -0.39 is 0 Å². The van der Waals surface area contributed by atoms with Crippen LogP contribution in [0, 0.1) is 0 Å². The van der Waals surface area contributed by atoms with Gasteiger partial charge in [-0.3, -0.25) is 0 Å². The molecule has 1 atom stereocenters. The van der Waals surface area contributed by atoms with Crippen molar-refractivity contribution in [1.29, 1.82) is 0 Å². The van der Waals surface area contributed by atoms with Crippen LogP contribution < -0.4 is 4.74 Å². The van der Waals surface area contributed by atoms with Crippen LogP contribution in [0.25, 0.3) is 10.8 Å². The molecule has 0 bridgehead atoms. The largest absolute Gasteiger partial charge is 0.488 e. The van der Waals surface area contributed by atoms with Crippen LogP contribution in [0.3, 0.4) is 0 Å². The molecule has 3 heteroatoms. The van der Waals surface area contributed by atoms with E-state index in [4.69, 9.17) is 17.0 Å². The molecule has 1 aliphatic rings. The Hall–Kier alpha value is -1.71. The summed E-state index contributed by atoms with van der Waals surface area (Å²) >= 11 is 7.31. The summed E-state index contributed by atoms with van der Waals surface area (Å²) in [5.74, 6) is 1.14. The minimum Gasteiger partial charge on any atom is -0.488 e. The number of rotatable bonds is 1. The van der Waals surface area contributed by atoms with Crippen molar-refractivity contribution in [1.82, 2.24) is 0 Å². The predicted octanol–water partition coefficient (Wildman–Crippen LogP) is 4.80. The predicted molar refractivity (Wildman–Crippen MR) is 88.2 cm³/mol. The van der Waals surface area contributed by atoms with Crippen molar-refractivity contribution in [3.8, 4) is 5.75 Å². The number of thiocarbonyl (C=S) groups is 1. The van der Waals surface area contributed by atoms with Gasteiger partial charge in [0, 0.05) is 16.3 Å². The summed E-state index contributed by atoms with van der Waals surface area (Å²) in [6, 6.07) is 14.8. The summed E-state index contributed by atoms with van der Waals surface area (Å²) in [6.45, 7) is 0.529. The third-order valence-electron chi connectivity index (χ3n) is 3.79. The van der Waals surface area contributed by atoms with Crippen LogP contribution in [-0.4, -0.2) is 11.5 Å². The lowest BCUT2D eigenvalue weighted by molar-refractivity contribution is 0.362. The summed E-state index contributed by atoms with van der Waals surface area (Å²) in [6.07, 6.45) is 0. The molecule has 0 amide bonds. The van der Waals surface area contributed by atoms with Crippen molar-refractivity contribution in [3.05, 3.63) is 64.4 Å². The molecule has 1 aliphatic heterocycles. The van der Waals surface area contributed by atoms with Gasteiger partial charge >= 0.3 is 0 Å². The Bertz CT molecular complexity index is 790. The Morgan fingerprint density at radius 1 is 1.10 bits per heavy atom. The van der Waals surface area contributed by atoms with E-state index in [0.717, 1.165) is 10.6 Å². The van der Waals surface area contributed by atoms with Crippen molar-refractivity contribution >= 4 is 39.2 Å². The number of fused-ring (bicyclic) bond motifs is 3. The molecule has 0 N–H and O–H groups in total. The van der Waals surface area contributed by atoms with Crippen LogP contribution in [0.2, 0.25) is 0 Å². The fourth-order valence-electron chi connectivity index (χ4n) is 2.88. The molecule has 0 fully saturated rings. The van der Waals surface area contributed by atoms with Gasteiger partial charge in [0.1, 0.15) is 12.4 Å². The van der Waals surface area contributed by atoms with E-state index in [-0.39, 0.29) is 5.92 Å². The zero-order valence-corrected chi connectivity index (χ0v) is 12.3. The quantitative estimate of drug-likeness (QED) is 0.597. The van der Waals surface area contributed by atoms with Gasteiger partial charge in [-0.1, -0.05) is 42.5 Å². The lowest BCUT2D eigenvalue weighted by Crippen LogP contribution is -2.25. The van der Waals surface area contributed by atoms with Crippen LogP contribution in [0.4, 0.5) is 0 Å². The normalized spacial score (nSPS) is 17.8. The van der Waals surface area contributed by atoms with Crippen LogP contribution in [0.5, 0.6) is 5.75 Å². The maximum Gasteiger partial charge on any atom is 0.124 e. The molecule has 98 valence electrons. The first-order valence-electron chi connectivity index (χ1n) is 6.54. The minimum atomic E-state index is 0.172. The summed E-state index contributed by atoms with van der Waals surface area (Å²) < 4.78 is 5.83. The molecule has 0 radical (unpaired) electrons. The summed E-state index contributed by atoms with van der Waals surface area (Å²) in [5.41, 5.74) is 2.50. The summed E-state index contributed by atoms with van der Waals surface area (Å²) in [7, 11) is 0. The van der Waals surface area contributed by atoms with Gasteiger partial charge in [0.25, 0.3) is 0 Å². The van der Waals surface area contributed by atoms with E-state index in [9.17, 15) is 0 Å². The second-order valence-electron chi connectivity index (χ2n) is 4.94. The Kier molecular flexibility index (Phi) is 2.83. The van der Waals surface area contributed by atoms with Crippen LogP contribution in [0.15, 0.2) is 53.2 Å². The van der Waals surface area contributed by atoms with Crippen LogP contribution >= 0.6 is 23.6 Å². The van der Waals surface area contributed by atoms with Gasteiger partial charge in [-0.15, -0.1) is 0 Å². The Balaban J connectivity index is 2.04. The number of ether oxygens (including phenoxy) is 1. The molecule has 4 rings (SSSR count). The lowest BCUT2D eigenvalue weighted by atomic mass is 9.85. The number of benzene rings is 2. The second-order valence-corrected chi connectivity index (χ2v) is 6.25. The summed E-state index contributed by atoms with van der Waals surface area (Å²) in [5, 5.41) is 6.77. The molecule has 0 spiro atoms. The van der Waals surface area contributed by atoms with Gasteiger partial charge in [-0.05, 0) is 39.2 Å². The SMILES string of the molecule is S=C1COc2ccc3ccccc3c2C1c1ccsc1. The fourth-order valence-corrected chi connectivity index (χ4v) is 3.88. The number of thiophene rings is 1. The van der Waals surface area contributed by atoms with Crippen molar-refractivity contribution in [2.75, 3.05) is 6.61 Å². The molecule has 20 heavy (non-hydrogen) atoms. The van der Waals surface area contributed by atoms with E-state index in [1.54, 1.807) is 11.3 Å². The molecule has 2 heterocycles. The Labute approximate surface area is 126 Å². The first kappa shape index (κ1) is 12.1. The average Bonchev–Trinajstić information content (AvgIpc) is 3.01. The van der Waals surface area contributed by atoms with Crippen LogP contribution in [-0.2, 0) is 0 Å². The van der Waals surface area contributed by atoms with Gasteiger partial charge in [0.2, 0.25) is 0 Å². The number of hydrogen-bond acceptors (Lipinski definition) is 3. The van der Waals surface area contributed by atoms with Gasteiger partial charge in [-0.25, -0.2) is 0 Å². The number of hydrogen-bond donors (Lipinski definition) is 0. The van der Waals surface area contributed by atoms with Crippen molar-refractivity contribution in [2.45, 2.75) is 5.92 Å². The van der Waals surface area contributed by atoms with E-state index in [1.165, 1.54) is 21.9 Å². The minimum absolute atomic E-state index is 0.172. The maximum absolute atomic E-state index is 5.83. The highest BCUT2D eigenvalue weighted by Crippen LogP contribution is 2.41. The summed E-state index contributed by atoms with van der Waals surface area (Å²) in [4.78, 5) is 0.965. The highest BCUT2D eigenvalue weighted by atomic mass is 32.1. The highest BCUT2D eigenvalue weighted by molar-refractivity contribution is 7.80. The molecule has 3 aromatic rings. The third-order valence-corrected chi connectivity index (χ3v) is 4.84. The van der Waals surface area contributed by atoms with E-state index in [2.05, 4.69) is 53.2 Å². The average molecular weight is 296 g/mol. The maximum atomic E-state index is 5.83. The molecule has 1 unspecified atom stereocenters. The molecule has 0 saturated carbocycles. The monoisotopic (exact) mass is 296 g/mol. The van der Waals surface area contributed by atoms with Crippen molar-refractivity contribution in [2.24, 2.45) is 0 Å². The van der Waals surface area contributed by atoms with Gasteiger partial charge in [0.05, 0.1) is 0 Å². The molecule has 0 aliphatic carbocycles. The fraction of sp³-hybridized carbons (Fsp3) is 0.118. The van der Waals surface area contributed by atoms with E-state index in [0.29, 0.717) is 6.61 Å².